The molecule has 0 spiro atoms. The van der Waals surface area contributed by atoms with E-state index in [-0.39, 0.29) is 6.10 Å². The summed E-state index contributed by atoms with van der Waals surface area (Å²) in [4.78, 5) is 3.90. The molecule has 0 aliphatic heterocycles. The average Bonchev–Trinajstić information content (AvgIpc) is 2.85. The molecule has 3 heteroatoms. The molecule has 0 amide bonds. The number of hydrogen-bond donors (Lipinski definition) is 1. The zero-order valence-electron chi connectivity index (χ0n) is 10.5. The number of rotatable bonds is 6. The van der Waals surface area contributed by atoms with Gasteiger partial charge in [-0.3, -0.25) is 0 Å². The lowest BCUT2D eigenvalue weighted by Crippen LogP contribution is -2.12. The molecular weight excluding hydrogens is 260 g/mol. The van der Waals surface area contributed by atoms with Crippen LogP contribution in [0.1, 0.15) is 16.7 Å². The van der Waals surface area contributed by atoms with Crippen LogP contribution in [0.5, 0.6) is 0 Å². The van der Waals surface area contributed by atoms with Crippen molar-refractivity contribution in [2.75, 3.05) is 5.75 Å². The van der Waals surface area contributed by atoms with E-state index in [1.165, 1.54) is 14.6 Å². The molecule has 0 radical (unpaired) electrons. The van der Waals surface area contributed by atoms with Crippen molar-refractivity contribution in [3.63, 3.8) is 0 Å². The highest BCUT2D eigenvalue weighted by molar-refractivity contribution is 7.99. The fourth-order valence-electron chi connectivity index (χ4n) is 1.72. The van der Waals surface area contributed by atoms with E-state index < -0.39 is 0 Å². The highest BCUT2D eigenvalue weighted by Gasteiger charge is 2.08. The minimum absolute atomic E-state index is 0.265. The third-order valence-corrected chi connectivity index (χ3v) is 5.10. The van der Waals surface area contributed by atoms with Gasteiger partial charge >= 0.3 is 0 Å². The van der Waals surface area contributed by atoms with Crippen molar-refractivity contribution in [3.8, 4) is 0 Å². The van der Waals surface area contributed by atoms with Gasteiger partial charge in [0.1, 0.15) is 0 Å². The summed E-state index contributed by atoms with van der Waals surface area (Å²) < 4.78 is 0. The summed E-state index contributed by atoms with van der Waals surface area (Å²) in [5.41, 5.74) is 0. The molecule has 96 valence electrons. The lowest BCUT2D eigenvalue weighted by atomic mass is 10.2. The fraction of sp³-hybridized carbons (Fsp3) is 0.333. The Hall–Kier alpha value is -0.770. The second-order valence-corrected chi connectivity index (χ2v) is 6.55. The van der Waals surface area contributed by atoms with Crippen molar-refractivity contribution < 1.29 is 5.11 Å². The SMILES string of the molecule is CCc1ccc(CC(O)CSc2ccccc2)s1. The molecule has 1 N–H and O–H groups in total. The fourth-order valence-corrected chi connectivity index (χ4v) is 3.60. The molecule has 0 aliphatic carbocycles. The van der Waals surface area contributed by atoms with Gasteiger partial charge in [0.25, 0.3) is 0 Å². The van der Waals surface area contributed by atoms with E-state index in [1.807, 2.05) is 29.5 Å². The van der Waals surface area contributed by atoms with E-state index in [1.54, 1.807) is 11.8 Å². The summed E-state index contributed by atoms with van der Waals surface area (Å²) in [5.74, 6) is 0.753. The summed E-state index contributed by atoms with van der Waals surface area (Å²) in [6, 6.07) is 14.5. The lowest BCUT2D eigenvalue weighted by Gasteiger charge is -2.08. The molecule has 0 saturated carbocycles. The normalized spacial score (nSPS) is 12.6. The van der Waals surface area contributed by atoms with Crippen molar-refractivity contribution in [2.45, 2.75) is 30.8 Å². The molecule has 1 heterocycles. The highest BCUT2D eigenvalue weighted by atomic mass is 32.2. The van der Waals surface area contributed by atoms with Gasteiger partial charge in [-0.25, -0.2) is 0 Å². The average molecular weight is 278 g/mol. The van der Waals surface area contributed by atoms with E-state index >= 15 is 0 Å². The standard InChI is InChI=1S/C15H18OS2/c1-2-13-8-9-15(18-13)10-12(16)11-17-14-6-4-3-5-7-14/h3-9,12,16H,2,10-11H2,1H3. The Kier molecular flexibility index (Phi) is 5.29. The van der Waals surface area contributed by atoms with Crippen LogP contribution in [0, 0.1) is 0 Å². The van der Waals surface area contributed by atoms with Crippen LogP contribution >= 0.6 is 23.1 Å². The molecule has 18 heavy (non-hydrogen) atoms. The van der Waals surface area contributed by atoms with Gasteiger partial charge in [0.05, 0.1) is 6.10 Å². The third kappa shape index (κ3) is 4.16. The summed E-state index contributed by atoms with van der Waals surface area (Å²) in [7, 11) is 0. The van der Waals surface area contributed by atoms with E-state index in [9.17, 15) is 5.11 Å². The summed E-state index contributed by atoms with van der Waals surface area (Å²) in [5, 5.41) is 10.0. The minimum atomic E-state index is -0.265. The molecule has 0 fully saturated rings. The van der Waals surface area contributed by atoms with E-state index in [0.29, 0.717) is 0 Å². The Morgan fingerprint density at radius 1 is 1.11 bits per heavy atom. The minimum Gasteiger partial charge on any atom is -0.392 e. The highest BCUT2D eigenvalue weighted by Crippen LogP contribution is 2.22. The van der Waals surface area contributed by atoms with E-state index in [2.05, 4.69) is 31.2 Å². The van der Waals surface area contributed by atoms with Crippen molar-refractivity contribution in [1.82, 2.24) is 0 Å². The molecular formula is C15H18OS2. The van der Waals surface area contributed by atoms with Gasteiger partial charge in [0.15, 0.2) is 0 Å². The van der Waals surface area contributed by atoms with Crippen molar-refractivity contribution in [1.29, 1.82) is 0 Å². The molecule has 1 aromatic carbocycles. The molecule has 0 aliphatic rings. The number of hydrogen-bond acceptors (Lipinski definition) is 3. The van der Waals surface area contributed by atoms with Crippen LogP contribution < -0.4 is 0 Å². The van der Waals surface area contributed by atoms with E-state index in [0.717, 1.165) is 18.6 Å². The van der Waals surface area contributed by atoms with Gasteiger partial charge in [0.2, 0.25) is 0 Å². The summed E-state index contributed by atoms with van der Waals surface area (Å²) >= 11 is 3.53. The number of thioether (sulfide) groups is 1. The van der Waals surface area contributed by atoms with Gasteiger partial charge in [0, 0.05) is 26.8 Å². The second kappa shape index (κ2) is 6.98. The maximum absolute atomic E-state index is 10.0. The van der Waals surface area contributed by atoms with Gasteiger partial charge < -0.3 is 5.11 Å². The molecule has 1 nitrogen and oxygen atoms in total. The first-order chi connectivity index (χ1) is 8.78. The Balaban J connectivity index is 1.80. The number of aliphatic hydroxyl groups is 1. The van der Waals surface area contributed by atoms with Gasteiger partial charge in [-0.15, -0.1) is 23.1 Å². The van der Waals surface area contributed by atoms with Gasteiger partial charge in [-0.2, -0.15) is 0 Å². The predicted molar refractivity (Wildman–Crippen MR) is 80.6 cm³/mol. The maximum atomic E-state index is 10.0. The predicted octanol–water partition coefficient (Wildman–Crippen LogP) is 4.01. The van der Waals surface area contributed by atoms with Gasteiger partial charge in [-0.05, 0) is 30.7 Å². The first-order valence-electron chi connectivity index (χ1n) is 6.21. The molecule has 1 aromatic heterocycles. The van der Waals surface area contributed by atoms with Crippen LogP contribution in [0.25, 0.3) is 0 Å². The largest absolute Gasteiger partial charge is 0.392 e. The Labute approximate surface area is 117 Å². The van der Waals surface area contributed by atoms with Gasteiger partial charge in [-0.1, -0.05) is 25.1 Å². The molecule has 1 atom stereocenters. The zero-order valence-corrected chi connectivity index (χ0v) is 12.1. The zero-order chi connectivity index (χ0) is 12.8. The van der Waals surface area contributed by atoms with Crippen molar-refractivity contribution in [3.05, 3.63) is 52.2 Å². The monoisotopic (exact) mass is 278 g/mol. The van der Waals surface area contributed by atoms with Crippen LogP contribution in [0.2, 0.25) is 0 Å². The maximum Gasteiger partial charge on any atom is 0.0682 e. The first kappa shape index (κ1) is 13.7. The van der Waals surface area contributed by atoms with Crippen LogP contribution in [-0.2, 0) is 12.8 Å². The number of thiophene rings is 1. The Morgan fingerprint density at radius 2 is 1.83 bits per heavy atom. The quantitative estimate of drug-likeness (QED) is 0.806. The molecule has 2 aromatic rings. The molecule has 0 saturated heterocycles. The Bertz CT molecular complexity index is 464. The lowest BCUT2D eigenvalue weighted by molar-refractivity contribution is 0.201. The first-order valence-corrected chi connectivity index (χ1v) is 8.01. The second-order valence-electron chi connectivity index (χ2n) is 4.20. The van der Waals surface area contributed by atoms with Crippen LogP contribution in [-0.4, -0.2) is 17.0 Å². The summed E-state index contributed by atoms with van der Waals surface area (Å²) in [6.45, 7) is 2.16. The summed E-state index contributed by atoms with van der Waals surface area (Å²) in [6.07, 6.45) is 1.59. The van der Waals surface area contributed by atoms with Crippen molar-refractivity contribution in [2.24, 2.45) is 0 Å². The van der Waals surface area contributed by atoms with Crippen LogP contribution in [0.3, 0.4) is 0 Å². The van der Waals surface area contributed by atoms with E-state index in [4.69, 9.17) is 0 Å². The number of aryl methyl sites for hydroxylation is 1. The number of benzene rings is 1. The van der Waals surface area contributed by atoms with Crippen LogP contribution in [0.15, 0.2) is 47.4 Å². The third-order valence-electron chi connectivity index (χ3n) is 2.69. The molecule has 2 rings (SSSR count). The topological polar surface area (TPSA) is 20.2 Å². The van der Waals surface area contributed by atoms with Crippen LogP contribution in [0.4, 0.5) is 0 Å². The number of aliphatic hydroxyl groups excluding tert-OH is 1. The van der Waals surface area contributed by atoms with Crippen molar-refractivity contribution >= 4 is 23.1 Å². The smallest absolute Gasteiger partial charge is 0.0682 e. The molecule has 0 bridgehead atoms. The Morgan fingerprint density at radius 3 is 2.50 bits per heavy atom. The molecule has 1 unspecified atom stereocenters.